The Kier molecular flexibility index (Phi) is 7.29. The molecule has 0 fully saturated rings. The lowest BCUT2D eigenvalue weighted by atomic mass is 10.1. The summed E-state index contributed by atoms with van der Waals surface area (Å²) in [7, 11) is -4.87. The zero-order valence-corrected chi connectivity index (χ0v) is 16.3. The van der Waals surface area contributed by atoms with E-state index in [1.807, 2.05) is 0 Å². The van der Waals surface area contributed by atoms with E-state index in [-0.39, 0.29) is 5.56 Å². The third-order valence-corrected chi connectivity index (χ3v) is 4.02. The van der Waals surface area contributed by atoms with Gasteiger partial charge in [-0.15, -0.1) is 0 Å². The quantitative estimate of drug-likeness (QED) is 0.422. The van der Waals surface area contributed by atoms with Crippen LogP contribution in [0.25, 0.3) is 0 Å². The molecule has 1 N–H and O–H groups in total. The van der Waals surface area contributed by atoms with Crippen LogP contribution in [0.1, 0.15) is 26.3 Å². The van der Waals surface area contributed by atoms with Gasteiger partial charge in [-0.05, 0) is 32.4 Å². The van der Waals surface area contributed by atoms with E-state index in [0.717, 1.165) is 13.2 Å². The molecule has 1 amide bonds. The highest BCUT2D eigenvalue weighted by molar-refractivity contribution is 7.88. The maximum absolute atomic E-state index is 12.6. The first kappa shape index (κ1) is 23.5. The van der Waals surface area contributed by atoms with Crippen LogP contribution in [0.15, 0.2) is 24.3 Å². The van der Waals surface area contributed by atoms with Gasteiger partial charge in [-0.25, -0.2) is 9.59 Å². The molecule has 1 rings (SSSR count). The van der Waals surface area contributed by atoms with Crippen molar-refractivity contribution in [3.63, 3.8) is 0 Å². The Morgan fingerprint density at radius 3 is 2.21 bits per heavy atom. The highest BCUT2D eigenvalue weighted by atomic mass is 32.2. The van der Waals surface area contributed by atoms with Crippen LogP contribution >= 0.6 is 0 Å². The van der Waals surface area contributed by atoms with Crippen LogP contribution in [0.4, 0.5) is 18.0 Å². The van der Waals surface area contributed by atoms with Crippen molar-refractivity contribution < 1.29 is 44.8 Å². The summed E-state index contributed by atoms with van der Waals surface area (Å²) in [4.78, 5) is 23.8. The van der Waals surface area contributed by atoms with Crippen molar-refractivity contribution in [1.82, 2.24) is 5.32 Å². The zero-order valence-electron chi connectivity index (χ0n) is 15.5. The molecule has 0 saturated heterocycles. The van der Waals surface area contributed by atoms with Gasteiger partial charge in [-0.3, -0.25) is 0 Å². The lowest BCUT2D eigenvalue weighted by Crippen LogP contribution is -2.45. The van der Waals surface area contributed by atoms with Gasteiger partial charge in [0.15, 0.2) is 0 Å². The number of esters is 1. The number of nitrogens with one attached hydrogen (secondary N) is 1. The molecule has 1 unspecified atom stereocenters. The number of carbonyl (C=O) groups excluding carboxylic acids is 2. The number of alkyl carbamates (subject to hydrolysis) is 1. The minimum atomic E-state index is -5.91. The monoisotopic (exact) mass is 427 g/mol. The smallest absolute Gasteiger partial charge is 0.467 e. The number of benzene rings is 1. The topological polar surface area (TPSA) is 108 Å². The predicted octanol–water partition coefficient (Wildman–Crippen LogP) is 2.52. The summed E-state index contributed by atoms with van der Waals surface area (Å²) in [5, 5.41) is 2.23. The molecule has 0 aliphatic carbocycles. The van der Waals surface area contributed by atoms with Crippen molar-refractivity contribution in [1.29, 1.82) is 0 Å². The van der Waals surface area contributed by atoms with Crippen LogP contribution in [0.2, 0.25) is 0 Å². The number of ether oxygens (including phenoxy) is 2. The Hall–Kier alpha value is -2.50. The number of alkyl halides is 3. The van der Waals surface area contributed by atoms with E-state index >= 15 is 0 Å². The second-order valence-electron chi connectivity index (χ2n) is 6.52. The van der Waals surface area contributed by atoms with Gasteiger partial charge in [0.25, 0.3) is 0 Å². The molecule has 0 bridgehead atoms. The van der Waals surface area contributed by atoms with Crippen molar-refractivity contribution in [2.45, 2.75) is 44.3 Å². The van der Waals surface area contributed by atoms with E-state index in [2.05, 4.69) is 14.2 Å². The van der Waals surface area contributed by atoms with Gasteiger partial charge in [-0.2, -0.15) is 21.6 Å². The standard InChI is InChI=1S/C16H20F3NO7S/c1-15(2,3)26-14(22)20-11(13(21)25-4)9-10-7-5-6-8-12(10)27-28(23,24)16(17,18)19/h5-8,11H,9H2,1-4H3,(H,20,22). The molecule has 1 aromatic rings. The Morgan fingerprint density at radius 2 is 1.71 bits per heavy atom. The van der Waals surface area contributed by atoms with Gasteiger partial charge >= 0.3 is 27.7 Å². The first-order chi connectivity index (χ1) is 12.7. The molecule has 158 valence electrons. The van der Waals surface area contributed by atoms with Crippen molar-refractivity contribution in [3.05, 3.63) is 29.8 Å². The summed E-state index contributed by atoms with van der Waals surface area (Å²) in [6.45, 7) is 4.76. The van der Waals surface area contributed by atoms with Gasteiger partial charge in [-0.1, -0.05) is 18.2 Å². The molecule has 0 heterocycles. The Morgan fingerprint density at radius 1 is 1.14 bits per heavy atom. The van der Waals surface area contributed by atoms with E-state index in [0.29, 0.717) is 0 Å². The number of para-hydroxylation sites is 1. The number of methoxy groups -OCH3 is 1. The van der Waals surface area contributed by atoms with E-state index < -0.39 is 51.5 Å². The van der Waals surface area contributed by atoms with Gasteiger partial charge in [0.1, 0.15) is 17.4 Å². The summed E-state index contributed by atoms with van der Waals surface area (Å²) in [5.41, 5.74) is -6.58. The van der Waals surface area contributed by atoms with Crippen LogP contribution in [-0.4, -0.2) is 44.7 Å². The summed E-state index contributed by atoms with van der Waals surface area (Å²) < 4.78 is 73.9. The van der Waals surface area contributed by atoms with Gasteiger partial charge in [0, 0.05) is 6.42 Å². The van der Waals surface area contributed by atoms with Crippen LogP contribution in [0.3, 0.4) is 0 Å². The average molecular weight is 427 g/mol. The fourth-order valence-corrected chi connectivity index (χ4v) is 2.42. The van der Waals surface area contributed by atoms with Crippen LogP contribution in [0, 0.1) is 0 Å². The van der Waals surface area contributed by atoms with Gasteiger partial charge in [0.05, 0.1) is 7.11 Å². The van der Waals surface area contributed by atoms with Gasteiger partial charge < -0.3 is 19.0 Å². The minimum Gasteiger partial charge on any atom is -0.467 e. The molecule has 0 spiro atoms. The molecule has 1 aromatic carbocycles. The van der Waals surface area contributed by atoms with E-state index in [1.54, 1.807) is 20.8 Å². The summed E-state index contributed by atoms with van der Waals surface area (Å²) in [6.07, 6.45) is -1.38. The maximum Gasteiger partial charge on any atom is 0.534 e. The maximum atomic E-state index is 12.6. The molecule has 0 saturated carbocycles. The fraction of sp³-hybridized carbons (Fsp3) is 0.500. The molecule has 28 heavy (non-hydrogen) atoms. The molecular formula is C16H20F3NO7S. The molecule has 8 nitrogen and oxygen atoms in total. The molecule has 0 aliphatic heterocycles. The number of hydrogen-bond acceptors (Lipinski definition) is 7. The highest BCUT2D eigenvalue weighted by Crippen LogP contribution is 2.29. The molecule has 0 radical (unpaired) electrons. The molecule has 1 atom stereocenters. The molecule has 0 aromatic heterocycles. The summed E-state index contributed by atoms with van der Waals surface area (Å²) in [6, 6.07) is 3.51. The van der Waals surface area contributed by atoms with Crippen LogP contribution in [0.5, 0.6) is 5.75 Å². The number of carbonyl (C=O) groups is 2. The largest absolute Gasteiger partial charge is 0.534 e. The second kappa shape index (κ2) is 8.67. The molecule has 0 aliphatic rings. The Balaban J connectivity index is 3.11. The average Bonchev–Trinajstić information content (AvgIpc) is 2.52. The summed E-state index contributed by atoms with van der Waals surface area (Å²) >= 11 is 0. The molecular weight excluding hydrogens is 407 g/mol. The van der Waals surface area contributed by atoms with Crippen molar-refractivity contribution in [2.24, 2.45) is 0 Å². The SMILES string of the molecule is COC(=O)C(Cc1ccccc1OS(=O)(=O)C(F)(F)F)NC(=O)OC(C)(C)C. The third-order valence-electron chi connectivity index (χ3n) is 3.06. The van der Waals surface area contributed by atoms with E-state index in [4.69, 9.17) is 4.74 Å². The Bertz CT molecular complexity index is 816. The van der Waals surface area contributed by atoms with E-state index in [9.17, 15) is 31.2 Å². The number of halogens is 3. The van der Waals surface area contributed by atoms with Crippen molar-refractivity contribution >= 4 is 22.2 Å². The number of hydrogen-bond donors (Lipinski definition) is 1. The summed E-state index contributed by atoms with van der Waals surface area (Å²) in [5.74, 6) is -1.56. The van der Waals surface area contributed by atoms with Crippen LogP contribution < -0.4 is 9.50 Å². The first-order valence-corrected chi connectivity index (χ1v) is 9.23. The lowest BCUT2D eigenvalue weighted by Gasteiger charge is -2.23. The van der Waals surface area contributed by atoms with Crippen LogP contribution in [-0.2, 0) is 30.8 Å². The zero-order chi connectivity index (χ0) is 21.8. The normalized spacial score (nSPS) is 13.4. The number of amides is 1. The molecule has 12 heteroatoms. The Labute approximate surface area is 160 Å². The second-order valence-corrected chi connectivity index (χ2v) is 8.05. The predicted molar refractivity (Wildman–Crippen MR) is 90.9 cm³/mol. The van der Waals surface area contributed by atoms with Crippen molar-refractivity contribution in [3.8, 4) is 5.75 Å². The van der Waals surface area contributed by atoms with E-state index in [1.165, 1.54) is 18.2 Å². The number of rotatable bonds is 6. The van der Waals surface area contributed by atoms with Crippen molar-refractivity contribution in [2.75, 3.05) is 7.11 Å². The third kappa shape index (κ3) is 6.91. The fourth-order valence-electron chi connectivity index (χ4n) is 1.92. The first-order valence-electron chi connectivity index (χ1n) is 7.82. The minimum absolute atomic E-state index is 0.0817. The lowest BCUT2D eigenvalue weighted by molar-refractivity contribution is -0.143. The van der Waals surface area contributed by atoms with Gasteiger partial charge in [0.2, 0.25) is 0 Å². The highest BCUT2D eigenvalue weighted by Gasteiger charge is 2.48.